The molecule has 0 fully saturated rings. The molecule has 0 heterocycles. The van der Waals surface area contributed by atoms with Crippen LogP contribution >= 0.6 is 22.6 Å². The summed E-state index contributed by atoms with van der Waals surface area (Å²) in [5, 5.41) is 2.40. The van der Waals surface area contributed by atoms with Crippen LogP contribution in [0, 0.1) is 3.57 Å². The summed E-state index contributed by atoms with van der Waals surface area (Å²) in [6.45, 7) is 0.190. The van der Waals surface area contributed by atoms with Crippen molar-refractivity contribution in [2.24, 2.45) is 0 Å². The maximum absolute atomic E-state index is 11.4. The van der Waals surface area contributed by atoms with E-state index in [0.717, 1.165) is 3.57 Å². The van der Waals surface area contributed by atoms with Gasteiger partial charge in [0.1, 0.15) is 5.75 Å². The maximum atomic E-state index is 11.4. The highest BCUT2D eigenvalue weighted by Gasteiger charge is 2.06. The molecule has 17 heavy (non-hydrogen) atoms. The number of carbonyl (C=O) groups excluding carboxylic acids is 2. The second-order valence-electron chi connectivity index (χ2n) is 3.10. The van der Waals surface area contributed by atoms with Crippen molar-refractivity contribution in [3.05, 3.63) is 27.8 Å². The quantitative estimate of drug-likeness (QED) is 0.513. The van der Waals surface area contributed by atoms with Gasteiger partial charge in [0, 0.05) is 10.1 Å². The number of benzene rings is 1. The molecule has 92 valence electrons. The van der Waals surface area contributed by atoms with Gasteiger partial charge in [0.25, 0.3) is 0 Å². The van der Waals surface area contributed by atoms with E-state index in [0.29, 0.717) is 5.75 Å². The Morgan fingerprint density at radius 3 is 2.82 bits per heavy atom. The lowest BCUT2D eigenvalue weighted by molar-refractivity contribution is -0.134. The molecular formula is C11H12INO4. The van der Waals surface area contributed by atoms with Crippen LogP contribution in [0.15, 0.2) is 24.3 Å². The minimum absolute atomic E-state index is 0.0978. The summed E-state index contributed by atoms with van der Waals surface area (Å²) in [6, 6.07) is 7.16. The molecule has 1 aromatic carbocycles. The monoisotopic (exact) mass is 349 g/mol. The Morgan fingerprint density at radius 1 is 1.41 bits per heavy atom. The van der Waals surface area contributed by atoms with E-state index in [2.05, 4.69) is 32.6 Å². The standard InChI is InChI=1S/C11H12INO4/c1-16-11(15)13-6-5-10(14)17-9-4-2-3-8(12)7-9/h2-4,7H,5-6H2,1H3,(H,13,15). The molecule has 5 nitrogen and oxygen atoms in total. The lowest BCUT2D eigenvalue weighted by Crippen LogP contribution is -2.26. The Morgan fingerprint density at radius 2 is 2.18 bits per heavy atom. The largest absolute Gasteiger partial charge is 0.453 e. The molecule has 1 N–H and O–H groups in total. The van der Waals surface area contributed by atoms with Gasteiger partial charge in [0.2, 0.25) is 0 Å². The summed E-state index contributed by atoms with van der Waals surface area (Å²) in [5.41, 5.74) is 0. The fourth-order valence-electron chi connectivity index (χ4n) is 1.05. The van der Waals surface area contributed by atoms with E-state index >= 15 is 0 Å². The summed E-state index contributed by atoms with van der Waals surface area (Å²) in [6.07, 6.45) is -0.465. The normalized spacial score (nSPS) is 9.53. The number of methoxy groups -OCH3 is 1. The fourth-order valence-corrected chi connectivity index (χ4v) is 1.57. The van der Waals surface area contributed by atoms with E-state index in [1.807, 2.05) is 6.07 Å². The average Bonchev–Trinajstić information content (AvgIpc) is 2.28. The van der Waals surface area contributed by atoms with Crippen molar-refractivity contribution in [1.82, 2.24) is 5.32 Å². The summed E-state index contributed by atoms with van der Waals surface area (Å²) in [5.74, 6) is 0.100. The number of carbonyl (C=O) groups is 2. The van der Waals surface area contributed by atoms with Crippen LogP contribution in [0.1, 0.15) is 6.42 Å². The first-order valence-corrected chi connectivity index (χ1v) is 5.98. The number of rotatable bonds is 4. The third-order valence-corrected chi connectivity index (χ3v) is 2.48. The zero-order chi connectivity index (χ0) is 12.7. The molecule has 0 spiro atoms. The van der Waals surface area contributed by atoms with Crippen molar-refractivity contribution in [2.45, 2.75) is 6.42 Å². The zero-order valence-electron chi connectivity index (χ0n) is 9.23. The molecule has 0 aliphatic rings. The lowest BCUT2D eigenvalue weighted by Gasteiger charge is -2.05. The number of halogens is 1. The number of hydrogen-bond acceptors (Lipinski definition) is 4. The van der Waals surface area contributed by atoms with E-state index < -0.39 is 12.1 Å². The van der Waals surface area contributed by atoms with Crippen molar-refractivity contribution in [3.8, 4) is 5.75 Å². The van der Waals surface area contributed by atoms with Gasteiger partial charge in [-0.2, -0.15) is 0 Å². The number of alkyl carbamates (subject to hydrolysis) is 1. The second kappa shape index (κ2) is 7.10. The zero-order valence-corrected chi connectivity index (χ0v) is 11.4. The molecule has 0 atom stereocenters. The average molecular weight is 349 g/mol. The van der Waals surface area contributed by atoms with Crippen molar-refractivity contribution in [2.75, 3.05) is 13.7 Å². The molecule has 0 saturated heterocycles. The molecule has 0 aliphatic heterocycles. The molecule has 1 amide bonds. The number of ether oxygens (including phenoxy) is 2. The molecule has 0 radical (unpaired) electrons. The van der Waals surface area contributed by atoms with Gasteiger partial charge in [-0.05, 0) is 40.8 Å². The smallest absolute Gasteiger partial charge is 0.406 e. The van der Waals surface area contributed by atoms with Crippen LogP contribution in [-0.2, 0) is 9.53 Å². The van der Waals surface area contributed by atoms with Gasteiger partial charge in [-0.15, -0.1) is 0 Å². The van der Waals surface area contributed by atoms with Crippen LogP contribution in [-0.4, -0.2) is 25.7 Å². The summed E-state index contributed by atoms with van der Waals surface area (Å²) in [7, 11) is 1.26. The van der Waals surface area contributed by atoms with Gasteiger partial charge in [-0.1, -0.05) is 6.07 Å². The minimum Gasteiger partial charge on any atom is -0.453 e. The van der Waals surface area contributed by atoms with Crippen molar-refractivity contribution >= 4 is 34.7 Å². The minimum atomic E-state index is -0.563. The predicted octanol–water partition coefficient (Wildman–Crippen LogP) is 1.94. The Hall–Kier alpha value is -1.31. The molecule has 1 aromatic rings. The third-order valence-electron chi connectivity index (χ3n) is 1.81. The van der Waals surface area contributed by atoms with Gasteiger partial charge in [-0.3, -0.25) is 4.79 Å². The van der Waals surface area contributed by atoms with Gasteiger partial charge in [0.15, 0.2) is 0 Å². The topological polar surface area (TPSA) is 64.6 Å². The molecule has 0 aliphatic carbocycles. The molecular weight excluding hydrogens is 337 g/mol. The van der Waals surface area contributed by atoms with E-state index in [9.17, 15) is 9.59 Å². The first-order valence-electron chi connectivity index (χ1n) is 4.90. The summed E-state index contributed by atoms with van der Waals surface area (Å²) in [4.78, 5) is 22.1. The number of esters is 1. The van der Waals surface area contributed by atoms with Gasteiger partial charge < -0.3 is 14.8 Å². The highest BCUT2D eigenvalue weighted by atomic mass is 127. The number of amides is 1. The van der Waals surface area contributed by atoms with Gasteiger partial charge >= 0.3 is 12.1 Å². The fraction of sp³-hybridized carbons (Fsp3) is 0.273. The first kappa shape index (κ1) is 13.8. The van der Waals surface area contributed by atoms with Crippen LogP contribution in [0.5, 0.6) is 5.75 Å². The Labute approximate surface area is 113 Å². The van der Waals surface area contributed by atoms with Crippen LogP contribution in [0.2, 0.25) is 0 Å². The van der Waals surface area contributed by atoms with Gasteiger partial charge in [0.05, 0.1) is 13.5 Å². The van der Waals surface area contributed by atoms with Crippen LogP contribution in [0.3, 0.4) is 0 Å². The van der Waals surface area contributed by atoms with Crippen molar-refractivity contribution in [3.63, 3.8) is 0 Å². The summed E-state index contributed by atoms with van der Waals surface area (Å²) < 4.78 is 10.4. The molecule has 0 aromatic heterocycles. The Kier molecular flexibility index (Phi) is 5.75. The molecule has 0 saturated carbocycles. The van der Waals surface area contributed by atoms with E-state index in [1.165, 1.54) is 7.11 Å². The SMILES string of the molecule is COC(=O)NCCC(=O)Oc1cccc(I)c1. The maximum Gasteiger partial charge on any atom is 0.406 e. The van der Waals surface area contributed by atoms with Crippen LogP contribution in [0.4, 0.5) is 4.79 Å². The summed E-state index contributed by atoms with van der Waals surface area (Å²) >= 11 is 2.13. The number of hydrogen-bond donors (Lipinski definition) is 1. The lowest BCUT2D eigenvalue weighted by atomic mass is 10.3. The molecule has 0 bridgehead atoms. The molecule has 0 unspecified atom stereocenters. The highest BCUT2D eigenvalue weighted by Crippen LogP contribution is 2.15. The predicted molar refractivity (Wildman–Crippen MR) is 69.8 cm³/mol. The highest BCUT2D eigenvalue weighted by molar-refractivity contribution is 14.1. The van der Waals surface area contributed by atoms with Gasteiger partial charge in [-0.25, -0.2) is 4.79 Å². The van der Waals surface area contributed by atoms with Crippen molar-refractivity contribution < 1.29 is 19.1 Å². The Balaban J connectivity index is 2.32. The molecule has 6 heteroatoms. The molecule has 1 rings (SSSR count). The Bertz CT molecular complexity index is 408. The van der Waals surface area contributed by atoms with Crippen LogP contribution in [0.25, 0.3) is 0 Å². The van der Waals surface area contributed by atoms with E-state index in [-0.39, 0.29) is 13.0 Å². The van der Waals surface area contributed by atoms with E-state index in [1.54, 1.807) is 18.2 Å². The first-order chi connectivity index (χ1) is 8.11. The van der Waals surface area contributed by atoms with E-state index in [4.69, 9.17) is 4.74 Å². The number of nitrogens with one attached hydrogen (secondary N) is 1. The second-order valence-corrected chi connectivity index (χ2v) is 4.35. The van der Waals surface area contributed by atoms with Crippen molar-refractivity contribution in [1.29, 1.82) is 0 Å². The third kappa shape index (κ3) is 5.53. The van der Waals surface area contributed by atoms with Crippen LogP contribution < -0.4 is 10.1 Å².